The number of halogens is 2. The number of nitrogens with one attached hydrogen (secondary N) is 1. The van der Waals surface area contributed by atoms with Crippen LogP contribution in [0.5, 0.6) is 0 Å². The number of amides is 1. The van der Waals surface area contributed by atoms with Crippen molar-refractivity contribution in [1.29, 1.82) is 0 Å². The molecular formula is C16H27Cl2N3O. The van der Waals surface area contributed by atoms with Gasteiger partial charge in [-0.25, -0.2) is 0 Å². The number of rotatable bonds is 4. The summed E-state index contributed by atoms with van der Waals surface area (Å²) in [6, 6.07) is 10.5. The summed E-state index contributed by atoms with van der Waals surface area (Å²) in [7, 11) is 1.89. The van der Waals surface area contributed by atoms with Gasteiger partial charge in [0.05, 0.1) is 0 Å². The molecular weight excluding hydrogens is 321 g/mol. The van der Waals surface area contributed by atoms with Gasteiger partial charge in [0.2, 0.25) is 5.91 Å². The van der Waals surface area contributed by atoms with Crippen molar-refractivity contribution in [1.82, 2.24) is 10.2 Å². The molecule has 0 aliphatic carbocycles. The maximum atomic E-state index is 12.4. The fourth-order valence-electron chi connectivity index (χ4n) is 2.74. The Morgan fingerprint density at radius 2 is 1.82 bits per heavy atom. The van der Waals surface area contributed by atoms with Gasteiger partial charge in [-0.3, -0.25) is 4.79 Å². The molecule has 0 saturated carbocycles. The normalized spacial score (nSPS) is 16.1. The summed E-state index contributed by atoms with van der Waals surface area (Å²) in [4.78, 5) is 16.7. The molecule has 6 heteroatoms. The third kappa shape index (κ3) is 5.67. The third-order valence-corrected chi connectivity index (χ3v) is 3.86. The van der Waals surface area contributed by atoms with Gasteiger partial charge in [-0.2, -0.15) is 0 Å². The molecule has 1 N–H and O–H groups in total. The zero-order valence-electron chi connectivity index (χ0n) is 13.3. The number of anilines is 1. The highest BCUT2D eigenvalue weighted by Crippen LogP contribution is 2.16. The van der Waals surface area contributed by atoms with E-state index in [1.165, 1.54) is 5.69 Å². The van der Waals surface area contributed by atoms with Crippen LogP contribution in [0.3, 0.4) is 0 Å². The minimum Gasteiger partial charge on any atom is -0.370 e. The van der Waals surface area contributed by atoms with Crippen LogP contribution in [0.4, 0.5) is 5.69 Å². The Morgan fingerprint density at radius 3 is 2.45 bits per heavy atom. The first-order valence-electron chi connectivity index (χ1n) is 7.45. The molecule has 126 valence electrons. The maximum absolute atomic E-state index is 12.4. The van der Waals surface area contributed by atoms with Crippen LogP contribution in [0.2, 0.25) is 0 Å². The number of hydrogen-bond acceptors (Lipinski definition) is 3. The standard InChI is InChI=1S/C16H25N3O.2ClH/c1-14(13-17-2)16(20)19-10-6-9-18(11-12-19)15-7-4-3-5-8-15;;/h3-5,7-8,14,17H,6,9-13H2,1-2H3;2*1H. The minimum absolute atomic E-state index is 0. The lowest BCUT2D eigenvalue weighted by molar-refractivity contribution is -0.134. The maximum Gasteiger partial charge on any atom is 0.226 e. The third-order valence-electron chi connectivity index (χ3n) is 3.86. The van der Waals surface area contributed by atoms with Crippen LogP contribution in [0.15, 0.2) is 30.3 Å². The van der Waals surface area contributed by atoms with Crippen molar-refractivity contribution >= 4 is 36.4 Å². The van der Waals surface area contributed by atoms with Crippen molar-refractivity contribution in [2.45, 2.75) is 13.3 Å². The van der Waals surface area contributed by atoms with E-state index >= 15 is 0 Å². The van der Waals surface area contributed by atoms with E-state index in [-0.39, 0.29) is 36.6 Å². The monoisotopic (exact) mass is 347 g/mol. The topological polar surface area (TPSA) is 35.6 Å². The van der Waals surface area contributed by atoms with Crippen molar-refractivity contribution in [3.63, 3.8) is 0 Å². The number of benzene rings is 1. The second-order valence-electron chi connectivity index (χ2n) is 5.46. The van der Waals surface area contributed by atoms with Gasteiger partial charge in [0.1, 0.15) is 0 Å². The van der Waals surface area contributed by atoms with E-state index in [1.54, 1.807) is 0 Å². The molecule has 1 unspecified atom stereocenters. The number of carbonyl (C=O) groups is 1. The van der Waals surface area contributed by atoms with E-state index in [0.717, 1.165) is 39.1 Å². The van der Waals surface area contributed by atoms with Gasteiger partial charge in [-0.05, 0) is 25.6 Å². The van der Waals surface area contributed by atoms with Crippen LogP contribution >= 0.6 is 24.8 Å². The van der Waals surface area contributed by atoms with Crippen LogP contribution in [-0.2, 0) is 4.79 Å². The number of hydrogen-bond donors (Lipinski definition) is 1. The predicted octanol–water partition coefficient (Wildman–Crippen LogP) is 2.42. The SMILES string of the molecule is CNCC(C)C(=O)N1CCCN(c2ccccc2)CC1.Cl.Cl. The molecule has 1 heterocycles. The lowest BCUT2D eigenvalue weighted by atomic mass is 10.1. The van der Waals surface area contributed by atoms with E-state index in [9.17, 15) is 4.79 Å². The van der Waals surface area contributed by atoms with E-state index in [0.29, 0.717) is 0 Å². The van der Waals surface area contributed by atoms with Gasteiger partial charge in [0.25, 0.3) is 0 Å². The quantitative estimate of drug-likeness (QED) is 0.908. The van der Waals surface area contributed by atoms with Crippen LogP contribution in [-0.4, -0.2) is 50.6 Å². The largest absolute Gasteiger partial charge is 0.370 e. The summed E-state index contributed by atoms with van der Waals surface area (Å²) in [5.41, 5.74) is 1.25. The molecule has 1 atom stereocenters. The first-order chi connectivity index (χ1) is 9.72. The second kappa shape index (κ2) is 10.7. The Kier molecular flexibility index (Phi) is 10.2. The molecule has 2 rings (SSSR count). The average molecular weight is 348 g/mol. The zero-order valence-corrected chi connectivity index (χ0v) is 15.0. The van der Waals surface area contributed by atoms with Gasteiger partial charge >= 0.3 is 0 Å². The molecule has 4 nitrogen and oxygen atoms in total. The summed E-state index contributed by atoms with van der Waals surface area (Å²) in [5.74, 6) is 0.331. The fraction of sp³-hybridized carbons (Fsp3) is 0.562. The Morgan fingerprint density at radius 1 is 1.14 bits per heavy atom. The lowest BCUT2D eigenvalue weighted by Gasteiger charge is -2.25. The van der Waals surface area contributed by atoms with Gasteiger partial charge < -0.3 is 15.1 Å². The minimum atomic E-state index is 0. The summed E-state index contributed by atoms with van der Waals surface area (Å²) in [6.07, 6.45) is 1.03. The van der Waals surface area contributed by atoms with Crippen molar-refractivity contribution in [3.8, 4) is 0 Å². The molecule has 0 aromatic heterocycles. The highest BCUT2D eigenvalue weighted by molar-refractivity contribution is 5.85. The molecule has 1 fully saturated rings. The predicted molar refractivity (Wildman–Crippen MR) is 97.4 cm³/mol. The Balaban J connectivity index is 0.00000220. The van der Waals surface area contributed by atoms with Crippen molar-refractivity contribution in [2.24, 2.45) is 5.92 Å². The molecule has 1 aromatic carbocycles. The number of carbonyl (C=O) groups excluding carboxylic acids is 1. The molecule has 0 spiro atoms. The fourth-order valence-corrected chi connectivity index (χ4v) is 2.74. The van der Waals surface area contributed by atoms with E-state index < -0.39 is 0 Å². The average Bonchev–Trinajstić information content (AvgIpc) is 2.73. The van der Waals surface area contributed by atoms with Gasteiger partial charge in [-0.1, -0.05) is 25.1 Å². The van der Waals surface area contributed by atoms with Crippen LogP contribution in [0, 0.1) is 5.92 Å². The Bertz CT molecular complexity index is 431. The molecule has 1 aliphatic heterocycles. The smallest absolute Gasteiger partial charge is 0.226 e. The Labute approximate surface area is 146 Å². The summed E-state index contributed by atoms with van der Waals surface area (Å²) in [6.45, 7) is 6.38. The summed E-state index contributed by atoms with van der Waals surface area (Å²) in [5, 5.41) is 3.08. The van der Waals surface area contributed by atoms with E-state index in [2.05, 4.69) is 34.5 Å². The molecule has 0 bridgehead atoms. The van der Waals surface area contributed by atoms with Gasteiger partial charge in [0.15, 0.2) is 0 Å². The summed E-state index contributed by atoms with van der Waals surface area (Å²) < 4.78 is 0. The van der Waals surface area contributed by atoms with Crippen molar-refractivity contribution in [3.05, 3.63) is 30.3 Å². The lowest BCUT2D eigenvalue weighted by Crippen LogP contribution is -2.40. The second-order valence-corrected chi connectivity index (χ2v) is 5.46. The summed E-state index contributed by atoms with van der Waals surface area (Å²) >= 11 is 0. The first kappa shape index (κ1) is 21.0. The molecule has 1 aliphatic rings. The molecule has 1 aromatic rings. The van der Waals surface area contributed by atoms with Gasteiger partial charge in [0, 0.05) is 44.3 Å². The zero-order chi connectivity index (χ0) is 14.4. The van der Waals surface area contributed by atoms with Crippen LogP contribution in [0.1, 0.15) is 13.3 Å². The molecule has 1 saturated heterocycles. The van der Waals surface area contributed by atoms with E-state index in [4.69, 9.17) is 0 Å². The van der Waals surface area contributed by atoms with Crippen molar-refractivity contribution < 1.29 is 4.79 Å². The van der Waals surface area contributed by atoms with Crippen LogP contribution in [0.25, 0.3) is 0 Å². The molecule has 0 radical (unpaired) electrons. The van der Waals surface area contributed by atoms with Crippen molar-refractivity contribution in [2.75, 3.05) is 44.7 Å². The number of para-hydroxylation sites is 1. The Hall–Kier alpha value is -0.970. The van der Waals surface area contributed by atoms with Crippen LogP contribution < -0.4 is 10.2 Å². The highest BCUT2D eigenvalue weighted by Gasteiger charge is 2.22. The van der Waals surface area contributed by atoms with E-state index in [1.807, 2.05) is 24.9 Å². The molecule has 22 heavy (non-hydrogen) atoms. The number of nitrogens with zero attached hydrogens (tertiary/aromatic N) is 2. The van der Waals surface area contributed by atoms with Gasteiger partial charge in [-0.15, -0.1) is 24.8 Å². The highest BCUT2D eigenvalue weighted by atomic mass is 35.5. The first-order valence-corrected chi connectivity index (χ1v) is 7.45. The molecule has 1 amide bonds.